The van der Waals surface area contributed by atoms with Gasteiger partial charge in [0.05, 0.1) is 13.5 Å². The Kier molecular flexibility index (Phi) is 14.1. The maximum Gasteiger partial charge on any atom is 0.242 e. The summed E-state index contributed by atoms with van der Waals surface area (Å²) in [5, 5.41) is 12.6. The van der Waals surface area contributed by atoms with Crippen molar-refractivity contribution in [3.63, 3.8) is 0 Å². The van der Waals surface area contributed by atoms with Crippen molar-refractivity contribution in [2.24, 2.45) is 5.73 Å². The van der Waals surface area contributed by atoms with E-state index in [1.807, 2.05) is 54.6 Å². The molecule has 0 aliphatic rings. The molecule has 0 saturated carbocycles. The average Bonchev–Trinajstić information content (AvgIpc) is 2.87. The molecule has 0 bridgehead atoms. The van der Waals surface area contributed by atoms with Gasteiger partial charge in [-0.15, -0.1) is 0 Å². The first-order chi connectivity index (χ1) is 17.1. The van der Waals surface area contributed by atoms with Gasteiger partial charge in [0, 0.05) is 18.5 Å². The van der Waals surface area contributed by atoms with Gasteiger partial charge in [-0.25, -0.2) is 0 Å². The molecule has 8 heteroatoms. The van der Waals surface area contributed by atoms with Crippen molar-refractivity contribution < 1.29 is 14.3 Å². The predicted molar refractivity (Wildman–Crippen MR) is 140 cm³/mol. The molecule has 0 aliphatic carbocycles. The molecule has 2 aromatic carbocycles. The number of para-hydroxylation sites is 1. The van der Waals surface area contributed by atoms with E-state index in [1.165, 1.54) is 0 Å². The van der Waals surface area contributed by atoms with Crippen LogP contribution in [0.2, 0.25) is 0 Å². The van der Waals surface area contributed by atoms with E-state index in [0.29, 0.717) is 25.3 Å². The highest BCUT2D eigenvalue weighted by Crippen LogP contribution is 2.17. The molecule has 0 heterocycles. The maximum atomic E-state index is 12.9. The van der Waals surface area contributed by atoms with Gasteiger partial charge in [-0.2, -0.15) is 0 Å². The number of hydrogen-bond donors (Lipinski definition) is 5. The van der Waals surface area contributed by atoms with E-state index >= 15 is 0 Å². The number of amides is 2. The van der Waals surface area contributed by atoms with Gasteiger partial charge in [-0.3, -0.25) is 9.59 Å². The molecule has 2 aromatic rings. The van der Waals surface area contributed by atoms with Gasteiger partial charge < -0.3 is 31.7 Å². The fourth-order valence-corrected chi connectivity index (χ4v) is 3.69. The van der Waals surface area contributed by atoms with Gasteiger partial charge in [-0.1, -0.05) is 48.5 Å². The summed E-state index contributed by atoms with van der Waals surface area (Å²) in [6.07, 6.45) is 3.44. The van der Waals surface area contributed by atoms with Crippen molar-refractivity contribution in [3.8, 4) is 5.75 Å². The number of ether oxygens (including phenoxy) is 1. The largest absolute Gasteiger partial charge is 0.496 e. The number of hydrogen-bond acceptors (Lipinski definition) is 6. The number of nitrogens with one attached hydrogen (secondary N) is 4. The SMILES string of the molecule is COc1ccccc1CC(=O)N[C@@H](Cc1ccccc1)C(=O)NCCCNCCCNCCCN. The summed E-state index contributed by atoms with van der Waals surface area (Å²) in [5.74, 6) is 0.268. The molecule has 0 saturated heterocycles. The number of rotatable bonds is 18. The smallest absolute Gasteiger partial charge is 0.242 e. The topological polar surface area (TPSA) is 118 Å². The van der Waals surface area contributed by atoms with Gasteiger partial charge in [0.1, 0.15) is 11.8 Å². The van der Waals surface area contributed by atoms with E-state index in [9.17, 15) is 9.59 Å². The van der Waals surface area contributed by atoms with Crippen LogP contribution in [0, 0.1) is 0 Å². The van der Waals surface area contributed by atoms with E-state index < -0.39 is 6.04 Å². The van der Waals surface area contributed by atoms with Crippen molar-refractivity contribution >= 4 is 11.8 Å². The van der Waals surface area contributed by atoms with Gasteiger partial charge in [0.15, 0.2) is 0 Å². The van der Waals surface area contributed by atoms with Gasteiger partial charge in [-0.05, 0) is 63.6 Å². The normalized spacial score (nSPS) is 11.6. The zero-order chi connectivity index (χ0) is 25.1. The van der Waals surface area contributed by atoms with Crippen LogP contribution >= 0.6 is 0 Å². The summed E-state index contributed by atoms with van der Waals surface area (Å²) in [5.41, 5.74) is 7.25. The zero-order valence-electron chi connectivity index (χ0n) is 20.9. The van der Waals surface area contributed by atoms with Crippen LogP contribution in [0.3, 0.4) is 0 Å². The minimum Gasteiger partial charge on any atom is -0.496 e. The monoisotopic (exact) mass is 483 g/mol. The molecule has 0 unspecified atom stereocenters. The highest BCUT2D eigenvalue weighted by Gasteiger charge is 2.21. The number of benzene rings is 2. The number of carbonyl (C=O) groups is 2. The van der Waals surface area contributed by atoms with Gasteiger partial charge in [0.25, 0.3) is 0 Å². The molecule has 0 aliphatic heterocycles. The Morgan fingerprint density at radius 1 is 0.857 bits per heavy atom. The first-order valence-corrected chi connectivity index (χ1v) is 12.5. The van der Waals surface area contributed by atoms with E-state index in [-0.39, 0.29) is 18.2 Å². The molecule has 0 radical (unpaired) electrons. The molecule has 6 N–H and O–H groups in total. The minimum absolute atomic E-state index is 0.146. The van der Waals surface area contributed by atoms with E-state index in [2.05, 4.69) is 21.3 Å². The predicted octanol–water partition coefficient (Wildman–Crippen LogP) is 1.39. The van der Waals surface area contributed by atoms with Crippen LogP contribution in [0.25, 0.3) is 0 Å². The second-order valence-corrected chi connectivity index (χ2v) is 8.44. The summed E-state index contributed by atoms with van der Waals surface area (Å²) >= 11 is 0. The first-order valence-electron chi connectivity index (χ1n) is 12.5. The van der Waals surface area contributed by atoms with Gasteiger partial charge in [0.2, 0.25) is 11.8 Å². The lowest BCUT2D eigenvalue weighted by Gasteiger charge is -2.19. The molecular weight excluding hydrogens is 442 g/mol. The Bertz CT molecular complexity index is 863. The van der Waals surface area contributed by atoms with Crippen molar-refractivity contribution in [3.05, 3.63) is 65.7 Å². The highest BCUT2D eigenvalue weighted by atomic mass is 16.5. The summed E-state index contributed by atoms with van der Waals surface area (Å²) in [4.78, 5) is 25.7. The van der Waals surface area contributed by atoms with Crippen molar-refractivity contribution in [2.75, 3.05) is 46.4 Å². The van der Waals surface area contributed by atoms with Crippen molar-refractivity contribution in [1.82, 2.24) is 21.3 Å². The second kappa shape index (κ2) is 17.5. The molecule has 0 fully saturated rings. The van der Waals surface area contributed by atoms with E-state index in [1.54, 1.807) is 7.11 Å². The van der Waals surface area contributed by atoms with E-state index in [4.69, 9.17) is 10.5 Å². The Balaban J connectivity index is 1.78. The zero-order valence-corrected chi connectivity index (χ0v) is 20.9. The molecule has 0 spiro atoms. The maximum absolute atomic E-state index is 12.9. The van der Waals surface area contributed by atoms with Crippen LogP contribution < -0.4 is 31.7 Å². The average molecular weight is 484 g/mol. The Morgan fingerprint density at radius 3 is 2.17 bits per heavy atom. The van der Waals surface area contributed by atoms with Crippen molar-refractivity contribution in [2.45, 2.75) is 38.1 Å². The molecule has 8 nitrogen and oxygen atoms in total. The minimum atomic E-state index is -0.646. The standard InChI is InChI=1S/C27H41N5O3/c1-35-25-13-6-5-12-23(25)21-26(33)32-24(20-22-10-3-2-4-11-22)27(34)31-19-9-18-30-17-8-16-29-15-7-14-28/h2-6,10-13,24,29-30H,7-9,14-21,28H2,1H3,(H,31,34)(H,32,33)/t24-/m0/s1. The van der Waals surface area contributed by atoms with Crippen LogP contribution in [0.1, 0.15) is 30.4 Å². The summed E-state index contributed by atoms with van der Waals surface area (Å²) in [7, 11) is 1.58. The molecule has 2 rings (SSSR count). The number of carbonyl (C=O) groups excluding carboxylic acids is 2. The van der Waals surface area contributed by atoms with E-state index in [0.717, 1.165) is 56.6 Å². The highest BCUT2D eigenvalue weighted by molar-refractivity contribution is 5.88. The fourth-order valence-electron chi connectivity index (χ4n) is 3.69. The molecule has 2 amide bonds. The third kappa shape index (κ3) is 11.8. The number of nitrogens with two attached hydrogens (primary N) is 1. The Labute approximate surface area is 209 Å². The van der Waals surface area contributed by atoms with Crippen LogP contribution in [0.5, 0.6) is 5.75 Å². The molecule has 35 heavy (non-hydrogen) atoms. The van der Waals surface area contributed by atoms with Crippen LogP contribution in [0.15, 0.2) is 54.6 Å². The van der Waals surface area contributed by atoms with Crippen LogP contribution in [0.4, 0.5) is 0 Å². The lowest BCUT2D eigenvalue weighted by Crippen LogP contribution is -2.48. The molecule has 0 aromatic heterocycles. The Morgan fingerprint density at radius 2 is 1.49 bits per heavy atom. The molecule has 1 atom stereocenters. The number of methoxy groups -OCH3 is 1. The first kappa shape index (κ1) is 28.3. The van der Waals surface area contributed by atoms with Crippen LogP contribution in [-0.2, 0) is 22.4 Å². The molecule has 192 valence electrons. The summed E-state index contributed by atoms with van der Waals surface area (Å²) in [6, 6.07) is 16.5. The van der Waals surface area contributed by atoms with Crippen molar-refractivity contribution in [1.29, 1.82) is 0 Å². The fraction of sp³-hybridized carbons (Fsp3) is 0.481. The second-order valence-electron chi connectivity index (χ2n) is 8.44. The quantitative estimate of drug-likeness (QED) is 0.205. The third-order valence-electron chi connectivity index (χ3n) is 5.57. The lowest BCUT2D eigenvalue weighted by atomic mass is 10.0. The van der Waals surface area contributed by atoms with Crippen LogP contribution in [-0.4, -0.2) is 64.2 Å². The third-order valence-corrected chi connectivity index (χ3v) is 5.57. The summed E-state index contributed by atoms with van der Waals surface area (Å²) in [6.45, 7) is 4.95. The van der Waals surface area contributed by atoms with Gasteiger partial charge >= 0.3 is 0 Å². The lowest BCUT2D eigenvalue weighted by molar-refractivity contribution is -0.128. The Hall–Kier alpha value is -2.94. The molecular formula is C27H41N5O3. The summed E-state index contributed by atoms with van der Waals surface area (Å²) < 4.78 is 5.34.